The maximum atomic E-state index is 6.44. The van der Waals surface area contributed by atoms with E-state index in [1.165, 1.54) is 11.3 Å². The van der Waals surface area contributed by atoms with Gasteiger partial charge in [0.05, 0.1) is 17.3 Å². The number of para-hydroxylation sites is 1. The zero-order valence-electron chi connectivity index (χ0n) is 12.9. The summed E-state index contributed by atoms with van der Waals surface area (Å²) in [5, 5.41) is 4.24. The van der Waals surface area contributed by atoms with Gasteiger partial charge in [0, 0.05) is 33.3 Å². The van der Waals surface area contributed by atoms with E-state index in [-0.39, 0.29) is 0 Å². The number of nitrogens with zero attached hydrogens (tertiary/aromatic N) is 1. The van der Waals surface area contributed by atoms with Gasteiger partial charge < -0.3 is 15.0 Å². The van der Waals surface area contributed by atoms with E-state index in [9.17, 15) is 0 Å². The van der Waals surface area contributed by atoms with Crippen LogP contribution in [0.15, 0.2) is 18.2 Å². The topological polar surface area (TPSA) is 24.5 Å². The van der Waals surface area contributed by atoms with E-state index >= 15 is 0 Å². The molecule has 20 heavy (non-hydrogen) atoms. The van der Waals surface area contributed by atoms with Gasteiger partial charge in [-0.3, -0.25) is 0 Å². The van der Waals surface area contributed by atoms with Gasteiger partial charge in [-0.15, -0.1) is 0 Å². The third-order valence-electron chi connectivity index (χ3n) is 3.17. The predicted molar refractivity (Wildman–Crippen MR) is 87.8 cm³/mol. The largest absolute Gasteiger partial charge is 0.383 e. The summed E-state index contributed by atoms with van der Waals surface area (Å²) in [6.45, 7) is 8.90. The van der Waals surface area contributed by atoms with Crippen molar-refractivity contribution in [1.82, 2.24) is 5.32 Å². The Morgan fingerprint density at radius 3 is 2.50 bits per heavy atom. The van der Waals surface area contributed by atoms with Crippen molar-refractivity contribution in [2.24, 2.45) is 0 Å². The van der Waals surface area contributed by atoms with Gasteiger partial charge in [0.1, 0.15) is 0 Å². The normalized spacial score (nSPS) is 10.8. The summed E-state index contributed by atoms with van der Waals surface area (Å²) < 4.78 is 5.06. The maximum Gasteiger partial charge on any atom is 0.0642 e. The monoisotopic (exact) mass is 298 g/mol. The van der Waals surface area contributed by atoms with Crippen molar-refractivity contribution in [1.29, 1.82) is 0 Å². The summed E-state index contributed by atoms with van der Waals surface area (Å²) in [6.07, 6.45) is 2.25. The van der Waals surface area contributed by atoms with Crippen molar-refractivity contribution in [3.05, 3.63) is 28.8 Å². The van der Waals surface area contributed by atoms with Gasteiger partial charge in [0.15, 0.2) is 0 Å². The van der Waals surface area contributed by atoms with E-state index in [1.807, 2.05) is 12.1 Å². The molecular weight excluding hydrogens is 272 g/mol. The van der Waals surface area contributed by atoms with Crippen LogP contribution in [0.3, 0.4) is 0 Å². The molecule has 3 nitrogen and oxygen atoms in total. The average Bonchev–Trinajstić information content (AvgIpc) is 2.44. The molecule has 0 atom stereocenters. The first-order valence-electron chi connectivity index (χ1n) is 7.46. The molecule has 0 aliphatic carbocycles. The van der Waals surface area contributed by atoms with Crippen LogP contribution in [0.2, 0.25) is 5.02 Å². The Morgan fingerprint density at radius 2 is 1.90 bits per heavy atom. The Hall–Kier alpha value is -0.770. The highest BCUT2D eigenvalue weighted by Gasteiger charge is 2.13. The molecule has 1 rings (SSSR count). The number of rotatable bonds is 10. The second-order valence-corrected chi connectivity index (χ2v) is 5.31. The van der Waals surface area contributed by atoms with Gasteiger partial charge in [-0.25, -0.2) is 0 Å². The third kappa shape index (κ3) is 5.31. The van der Waals surface area contributed by atoms with Crippen molar-refractivity contribution in [3.63, 3.8) is 0 Å². The molecule has 0 fully saturated rings. The summed E-state index contributed by atoms with van der Waals surface area (Å²) in [7, 11) is 1.72. The molecule has 1 aromatic carbocycles. The summed E-state index contributed by atoms with van der Waals surface area (Å²) in [4.78, 5) is 2.40. The zero-order valence-corrected chi connectivity index (χ0v) is 13.7. The Morgan fingerprint density at radius 1 is 1.20 bits per heavy atom. The summed E-state index contributed by atoms with van der Waals surface area (Å²) in [5.41, 5.74) is 2.44. The Bertz CT molecular complexity index is 379. The molecule has 0 unspecified atom stereocenters. The fourth-order valence-corrected chi connectivity index (χ4v) is 2.64. The molecule has 0 aliphatic rings. The highest BCUT2D eigenvalue weighted by Crippen LogP contribution is 2.30. The third-order valence-corrected chi connectivity index (χ3v) is 3.48. The van der Waals surface area contributed by atoms with E-state index in [1.54, 1.807) is 7.11 Å². The molecule has 0 saturated carbocycles. The minimum atomic E-state index is 0.726. The maximum absolute atomic E-state index is 6.44. The summed E-state index contributed by atoms with van der Waals surface area (Å²) in [5.74, 6) is 0. The van der Waals surface area contributed by atoms with E-state index in [0.29, 0.717) is 0 Å². The van der Waals surface area contributed by atoms with Crippen molar-refractivity contribution in [2.45, 2.75) is 33.2 Å². The SMILES string of the molecule is CCCN(CCC)c1c(Cl)cccc1CNCCOC. The van der Waals surface area contributed by atoms with E-state index < -0.39 is 0 Å². The number of benzene rings is 1. The van der Waals surface area contributed by atoms with Crippen LogP contribution in [-0.4, -0.2) is 33.4 Å². The van der Waals surface area contributed by atoms with Crippen LogP contribution in [0.5, 0.6) is 0 Å². The van der Waals surface area contributed by atoms with Gasteiger partial charge in [0.2, 0.25) is 0 Å². The Labute approximate surface area is 128 Å². The molecule has 4 heteroatoms. The summed E-state index contributed by atoms with van der Waals surface area (Å²) >= 11 is 6.44. The minimum Gasteiger partial charge on any atom is -0.383 e. The fourth-order valence-electron chi connectivity index (χ4n) is 2.33. The quantitative estimate of drug-likeness (QED) is 0.667. The van der Waals surface area contributed by atoms with E-state index in [4.69, 9.17) is 16.3 Å². The molecule has 0 radical (unpaired) electrons. The molecule has 0 aliphatic heterocycles. The lowest BCUT2D eigenvalue weighted by atomic mass is 10.1. The highest BCUT2D eigenvalue weighted by molar-refractivity contribution is 6.33. The number of halogens is 1. The van der Waals surface area contributed by atoms with E-state index in [2.05, 4.69) is 30.1 Å². The molecule has 0 spiro atoms. The first-order valence-corrected chi connectivity index (χ1v) is 7.84. The average molecular weight is 299 g/mol. The van der Waals surface area contributed by atoms with Crippen LogP contribution < -0.4 is 10.2 Å². The van der Waals surface area contributed by atoms with Gasteiger partial charge in [-0.1, -0.05) is 37.6 Å². The molecular formula is C16H27ClN2O. The number of anilines is 1. The molecule has 0 bridgehead atoms. The predicted octanol–water partition coefficient (Wildman–Crippen LogP) is 3.70. The van der Waals surface area contributed by atoms with Crippen LogP contribution in [0.25, 0.3) is 0 Å². The lowest BCUT2D eigenvalue weighted by Gasteiger charge is -2.27. The van der Waals surface area contributed by atoms with Gasteiger partial charge in [-0.05, 0) is 24.5 Å². The number of nitrogens with one attached hydrogen (secondary N) is 1. The zero-order chi connectivity index (χ0) is 14.8. The van der Waals surface area contributed by atoms with Gasteiger partial charge in [0.25, 0.3) is 0 Å². The Kier molecular flexibility index (Phi) is 8.67. The number of hydrogen-bond donors (Lipinski definition) is 1. The smallest absolute Gasteiger partial charge is 0.0642 e. The first-order chi connectivity index (χ1) is 9.74. The lowest BCUT2D eigenvalue weighted by molar-refractivity contribution is 0.199. The number of ether oxygens (including phenoxy) is 1. The van der Waals surface area contributed by atoms with Crippen LogP contribution in [0.4, 0.5) is 5.69 Å². The molecule has 0 amide bonds. The van der Waals surface area contributed by atoms with Crippen molar-refractivity contribution in [2.75, 3.05) is 38.3 Å². The van der Waals surface area contributed by atoms with Crippen LogP contribution in [0, 0.1) is 0 Å². The minimum absolute atomic E-state index is 0.726. The second-order valence-electron chi connectivity index (χ2n) is 4.90. The number of methoxy groups -OCH3 is 1. The van der Waals surface area contributed by atoms with Crippen LogP contribution in [0.1, 0.15) is 32.3 Å². The molecule has 0 heterocycles. The lowest BCUT2D eigenvalue weighted by Crippen LogP contribution is -2.28. The van der Waals surface area contributed by atoms with Crippen LogP contribution >= 0.6 is 11.6 Å². The van der Waals surface area contributed by atoms with Crippen LogP contribution in [-0.2, 0) is 11.3 Å². The van der Waals surface area contributed by atoms with Crippen molar-refractivity contribution >= 4 is 17.3 Å². The van der Waals surface area contributed by atoms with Crippen molar-refractivity contribution in [3.8, 4) is 0 Å². The molecule has 0 aromatic heterocycles. The molecule has 1 aromatic rings. The standard InChI is InChI=1S/C16H27ClN2O/c1-4-10-19(11-5-2)16-14(7-6-8-15(16)17)13-18-9-12-20-3/h6-8,18H,4-5,9-13H2,1-3H3. The number of hydrogen-bond acceptors (Lipinski definition) is 3. The van der Waals surface area contributed by atoms with Gasteiger partial charge in [-0.2, -0.15) is 0 Å². The fraction of sp³-hybridized carbons (Fsp3) is 0.625. The molecule has 114 valence electrons. The van der Waals surface area contributed by atoms with Gasteiger partial charge >= 0.3 is 0 Å². The molecule has 1 N–H and O–H groups in total. The summed E-state index contributed by atoms with van der Waals surface area (Å²) in [6, 6.07) is 6.16. The van der Waals surface area contributed by atoms with Crippen molar-refractivity contribution < 1.29 is 4.74 Å². The molecule has 0 saturated heterocycles. The first kappa shape index (κ1) is 17.3. The Balaban J connectivity index is 2.84. The van der Waals surface area contributed by atoms with E-state index in [0.717, 1.165) is 50.7 Å². The highest BCUT2D eigenvalue weighted by atomic mass is 35.5. The second kappa shape index (κ2) is 10.0.